The van der Waals surface area contributed by atoms with E-state index in [1.54, 1.807) is 4.90 Å². The zero-order valence-electron chi connectivity index (χ0n) is 16.6. The first-order valence-corrected chi connectivity index (χ1v) is 13.4. The third-order valence-electron chi connectivity index (χ3n) is 5.41. The van der Waals surface area contributed by atoms with E-state index in [1.807, 2.05) is 18.2 Å². The molecule has 6 nitrogen and oxygen atoms in total. The normalized spacial score (nSPS) is 26.1. The van der Waals surface area contributed by atoms with Crippen LogP contribution in [0.2, 0.25) is 25.7 Å². The molecule has 1 amide bonds. The highest BCUT2D eigenvalue weighted by atomic mass is 28.3. The summed E-state index contributed by atoms with van der Waals surface area (Å²) >= 11 is 0. The van der Waals surface area contributed by atoms with Crippen molar-refractivity contribution in [1.82, 2.24) is 9.80 Å². The molecule has 1 aromatic rings. The van der Waals surface area contributed by atoms with Gasteiger partial charge in [-0.1, -0.05) is 50.0 Å². The first-order valence-electron chi connectivity index (χ1n) is 9.69. The number of nitrogens with zero attached hydrogens (tertiary/aromatic N) is 2. The maximum Gasteiger partial charge on any atom is 0.409 e. The summed E-state index contributed by atoms with van der Waals surface area (Å²) in [7, 11) is -1.25. The summed E-state index contributed by atoms with van der Waals surface area (Å²) < 4.78 is 5.51. The molecule has 2 N–H and O–H groups in total. The molecule has 3 rings (SSSR count). The molecule has 2 atom stereocenters. The second-order valence-corrected chi connectivity index (χ2v) is 14.7. The Hall–Kier alpha value is -1.70. The van der Waals surface area contributed by atoms with Crippen LogP contribution in [0, 0.1) is 0 Å². The van der Waals surface area contributed by atoms with Crippen molar-refractivity contribution in [3.05, 3.63) is 35.9 Å². The van der Waals surface area contributed by atoms with E-state index in [0.29, 0.717) is 32.7 Å². The van der Waals surface area contributed by atoms with Gasteiger partial charge in [-0.3, -0.25) is 9.69 Å². The largest absolute Gasteiger partial charge is 0.450 e. The molecular formula is C20H31N3O3Si. The summed E-state index contributed by atoms with van der Waals surface area (Å²) in [5, 5.41) is 0. The van der Waals surface area contributed by atoms with Crippen molar-refractivity contribution in [3.8, 4) is 0 Å². The number of likely N-dealkylation sites (tertiary alicyclic amines) is 1. The van der Waals surface area contributed by atoms with Crippen LogP contribution in [0.3, 0.4) is 0 Å². The van der Waals surface area contributed by atoms with E-state index >= 15 is 0 Å². The Balaban J connectivity index is 1.68. The Labute approximate surface area is 162 Å². The number of piperazine rings is 1. The Morgan fingerprint density at radius 3 is 2.63 bits per heavy atom. The first kappa shape index (κ1) is 20.0. The van der Waals surface area contributed by atoms with Gasteiger partial charge in [0.2, 0.25) is 0 Å². The van der Waals surface area contributed by atoms with Gasteiger partial charge in [-0.15, -0.1) is 0 Å². The Morgan fingerprint density at radius 1 is 1.30 bits per heavy atom. The lowest BCUT2D eigenvalue weighted by Gasteiger charge is -2.55. The number of nitrogens with two attached hydrogens (primary N) is 1. The van der Waals surface area contributed by atoms with Gasteiger partial charge in [-0.05, 0) is 11.6 Å². The van der Waals surface area contributed by atoms with Crippen molar-refractivity contribution in [2.24, 2.45) is 5.73 Å². The van der Waals surface area contributed by atoms with Gasteiger partial charge in [0, 0.05) is 40.0 Å². The molecule has 0 aromatic heterocycles. The third kappa shape index (κ3) is 4.97. The summed E-state index contributed by atoms with van der Waals surface area (Å²) in [4.78, 5) is 28.7. The molecule has 0 aliphatic carbocycles. The number of ether oxygens (including phenoxy) is 1. The number of fused-ring (bicyclic) bond motifs is 2. The van der Waals surface area contributed by atoms with Crippen molar-refractivity contribution in [2.45, 2.75) is 56.8 Å². The maximum absolute atomic E-state index is 12.6. The fourth-order valence-corrected chi connectivity index (χ4v) is 4.67. The SMILES string of the molecule is C[Si](C)(C)CCOC(=O)N1CC2CC(=O)CC(N)(C1)N2Cc1ccccc1. The molecule has 2 saturated heterocycles. The minimum absolute atomic E-state index is 0.0604. The molecule has 2 fully saturated rings. The minimum atomic E-state index is -1.25. The summed E-state index contributed by atoms with van der Waals surface area (Å²) in [6, 6.07) is 11.0. The van der Waals surface area contributed by atoms with Crippen LogP contribution in [-0.2, 0) is 16.1 Å². The fraction of sp³-hybridized carbons (Fsp3) is 0.600. The molecule has 2 unspecified atom stereocenters. The molecule has 2 aliphatic rings. The summed E-state index contributed by atoms with van der Waals surface area (Å²) in [6.07, 6.45) is 0.404. The van der Waals surface area contributed by atoms with E-state index in [0.717, 1.165) is 11.6 Å². The van der Waals surface area contributed by atoms with E-state index < -0.39 is 13.7 Å². The van der Waals surface area contributed by atoms with Gasteiger partial charge in [0.25, 0.3) is 0 Å². The van der Waals surface area contributed by atoms with Crippen LogP contribution in [0.1, 0.15) is 18.4 Å². The van der Waals surface area contributed by atoms with Crippen LogP contribution in [0.25, 0.3) is 0 Å². The van der Waals surface area contributed by atoms with E-state index in [2.05, 4.69) is 36.7 Å². The highest BCUT2D eigenvalue weighted by molar-refractivity contribution is 6.76. The van der Waals surface area contributed by atoms with Crippen LogP contribution in [0.4, 0.5) is 4.79 Å². The van der Waals surface area contributed by atoms with Crippen molar-refractivity contribution in [2.75, 3.05) is 19.7 Å². The molecule has 27 heavy (non-hydrogen) atoms. The number of amides is 1. The number of hydrogen-bond donors (Lipinski definition) is 1. The van der Waals surface area contributed by atoms with Gasteiger partial charge >= 0.3 is 6.09 Å². The summed E-state index contributed by atoms with van der Waals surface area (Å²) in [5.41, 5.74) is 7.01. The van der Waals surface area contributed by atoms with E-state index in [-0.39, 0.29) is 24.3 Å². The third-order valence-corrected chi connectivity index (χ3v) is 7.11. The molecule has 2 bridgehead atoms. The second kappa shape index (κ2) is 7.73. The highest BCUT2D eigenvalue weighted by Crippen LogP contribution is 2.33. The Kier molecular flexibility index (Phi) is 5.74. The first-order chi connectivity index (χ1) is 12.7. The van der Waals surface area contributed by atoms with Gasteiger partial charge in [-0.25, -0.2) is 4.79 Å². The number of piperidine rings is 1. The number of ketones is 1. The lowest BCUT2D eigenvalue weighted by Crippen LogP contribution is -2.74. The van der Waals surface area contributed by atoms with E-state index in [4.69, 9.17) is 10.5 Å². The number of carbonyl (C=O) groups excluding carboxylic acids is 2. The summed E-state index contributed by atoms with van der Waals surface area (Å²) in [6.45, 7) is 8.74. The summed E-state index contributed by atoms with van der Waals surface area (Å²) in [5.74, 6) is 0.179. The van der Waals surface area contributed by atoms with Crippen LogP contribution in [0.15, 0.2) is 30.3 Å². The van der Waals surface area contributed by atoms with E-state index in [9.17, 15) is 9.59 Å². The standard InChI is InChI=1S/C20H31N3O3Si/c1-27(2,3)10-9-26-19(25)22-14-17-11-18(24)12-20(21,15-22)23(17)13-16-7-5-4-6-8-16/h4-8,17H,9-15,21H2,1-3H3. The molecule has 2 aliphatic heterocycles. The monoisotopic (exact) mass is 389 g/mol. The molecule has 0 spiro atoms. The van der Waals surface area contributed by atoms with Crippen LogP contribution < -0.4 is 5.73 Å². The molecule has 2 heterocycles. The molecular weight excluding hydrogens is 358 g/mol. The van der Waals surface area contributed by atoms with Gasteiger partial charge < -0.3 is 15.4 Å². The van der Waals surface area contributed by atoms with Crippen molar-refractivity contribution in [1.29, 1.82) is 0 Å². The Morgan fingerprint density at radius 2 is 2.00 bits per heavy atom. The zero-order valence-corrected chi connectivity index (χ0v) is 17.6. The van der Waals surface area contributed by atoms with Crippen molar-refractivity contribution >= 4 is 20.0 Å². The zero-order chi connectivity index (χ0) is 19.7. The number of benzene rings is 1. The maximum atomic E-state index is 12.6. The molecule has 7 heteroatoms. The van der Waals surface area contributed by atoms with Gasteiger partial charge in [0.15, 0.2) is 0 Å². The van der Waals surface area contributed by atoms with Gasteiger partial charge in [0.05, 0.1) is 18.8 Å². The minimum Gasteiger partial charge on any atom is -0.450 e. The lowest BCUT2D eigenvalue weighted by atomic mass is 9.85. The molecule has 1 aromatic carbocycles. The lowest BCUT2D eigenvalue weighted by molar-refractivity contribution is -0.138. The quantitative estimate of drug-likeness (QED) is 0.784. The number of Topliss-reactive ketones (excluding diaryl/α,β-unsaturated/α-hetero) is 1. The number of hydrogen-bond acceptors (Lipinski definition) is 5. The van der Waals surface area contributed by atoms with Crippen molar-refractivity contribution < 1.29 is 14.3 Å². The average Bonchev–Trinajstić information content (AvgIpc) is 2.55. The van der Waals surface area contributed by atoms with Gasteiger partial charge in [-0.2, -0.15) is 0 Å². The number of carbonyl (C=O) groups is 2. The number of rotatable bonds is 5. The topological polar surface area (TPSA) is 75.9 Å². The van der Waals surface area contributed by atoms with Crippen molar-refractivity contribution in [3.63, 3.8) is 0 Å². The van der Waals surface area contributed by atoms with Crippen LogP contribution in [0.5, 0.6) is 0 Å². The smallest absolute Gasteiger partial charge is 0.409 e. The van der Waals surface area contributed by atoms with Gasteiger partial charge in [0.1, 0.15) is 5.78 Å². The van der Waals surface area contributed by atoms with E-state index in [1.165, 1.54) is 0 Å². The Bertz CT molecular complexity index is 691. The van der Waals surface area contributed by atoms with Crippen LogP contribution in [-0.4, -0.2) is 61.2 Å². The predicted octanol–water partition coefficient (Wildman–Crippen LogP) is 2.67. The fourth-order valence-electron chi connectivity index (χ4n) is 3.95. The van der Waals surface area contributed by atoms with Crippen LogP contribution >= 0.6 is 0 Å². The average molecular weight is 390 g/mol. The highest BCUT2D eigenvalue weighted by Gasteiger charge is 2.50. The predicted molar refractivity (Wildman–Crippen MR) is 108 cm³/mol. The molecule has 0 radical (unpaired) electrons. The molecule has 148 valence electrons. The second-order valence-electron chi connectivity index (χ2n) is 9.10. The molecule has 0 saturated carbocycles.